The van der Waals surface area contributed by atoms with Crippen molar-refractivity contribution in [2.75, 3.05) is 23.1 Å². The molecule has 33 heavy (non-hydrogen) atoms. The fourth-order valence-electron chi connectivity index (χ4n) is 3.68. The van der Waals surface area contributed by atoms with Crippen LogP contribution < -0.4 is 10.0 Å². The van der Waals surface area contributed by atoms with E-state index in [1.165, 1.54) is 23.0 Å². The number of thiazole rings is 1. The molecule has 2 heterocycles. The SMILES string of the molecule is C[C@@]1(Nc2ccc(S(=O)(=O)Nc3cscn3)cc2Cl)CCN(Cc2ccccc2)C1.O=CO. The van der Waals surface area contributed by atoms with Crippen LogP contribution in [-0.4, -0.2) is 48.5 Å². The van der Waals surface area contributed by atoms with Gasteiger partial charge in [-0.15, -0.1) is 11.3 Å². The van der Waals surface area contributed by atoms with Crippen LogP contribution in [0.15, 0.2) is 64.3 Å². The Bertz CT molecular complexity index is 1160. The van der Waals surface area contributed by atoms with Crippen molar-refractivity contribution in [3.63, 3.8) is 0 Å². The predicted molar refractivity (Wildman–Crippen MR) is 131 cm³/mol. The molecule has 0 bridgehead atoms. The number of hydrogen-bond donors (Lipinski definition) is 3. The number of sulfonamides is 1. The second-order valence-corrected chi connectivity index (χ2v) is 10.7. The van der Waals surface area contributed by atoms with Gasteiger partial charge in [-0.05, 0) is 37.1 Å². The van der Waals surface area contributed by atoms with Gasteiger partial charge >= 0.3 is 0 Å². The van der Waals surface area contributed by atoms with Gasteiger partial charge in [-0.1, -0.05) is 41.9 Å². The molecule has 0 aliphatic carbocycles. The molecule has 176 valence electrons. The summed E-state index contributed by atoms with van der Waals surface area (Å²) in [6.45, 7) is 4.69. The third-order valence-corrected chi connectivity index (χ3v) is 7.41. The largest absolute Gasteiger partial charge is 0.483 e. The first-order valence-corrected chi connectivity index (χ1v) is 12.9. The number of hydrogen-bond acceptors (Lipinski definition) is 7. The first-order chi connectivity index (χ1) is 15.7. The van der Waals surface area contributed by atoms with Gasteiger partial charge in [0.2, 0.25) is 0 Å². The van der Waals surface area contributed by atoms with Crippen LogP contribution in [0.5, 0.6) is 0 Å². The van der Waals surface area contributed by atoms with Gasteiger partial charge in [-0.3, -0.25) is 14.4 Å². The number of halogens is 1. The minimum atomic E-state index is -3.73. The first-order valence-electron chi connectivity index (χ1n) is 10.1. The first kappa shape index (κ1) is 25.0. The van der Waals surface area contributed by atoms with E-state index in [1.54, 1.807) is 23.0 Å². The molecule has 2 aromatic carbocycles. The monoisotopic (exact) mass is 508 g/mol. The molecule has 4 rings (SSSR count). The molecule has 1 aliphatic heterocycles. The van der Waals surface area contributed by atoms with Crippen LogP contribution in [0.3, 0.4) is 0 Å². The van der Waals surface area contributed by atoms with Crippen molar-refractivity contribution < 1.29 is 18.3 Å². The summed E-state index contributed by atoms with van der Waals surface area (Å²) in [4.78, 5) is 14.8. The Morgan fingerprint density at radius 1 is 1.27 bits per heavy atom. The summed E-state index contributed by atoms with van der Waals surface area (Å²) in [6, 6.07) is 15.2. The zero-order chi connectivity index (χ0) is 23.9. The molecule has 1 aromatic heterocycles. The van der Waals surface area contributed by atoms with Crippen LogP contribution >= 0.6 is 22.9 Å². The Hall–Kier alpha value is -2.66. The highest BCUT2D eigenvalue weighted by Gasteiger charge is 2.34. The van der Waals surface area contributed by atoms with E-state index in [-0.39, 0.29) is 16.9 Å². The lowest BCUT2D eigenvalue weighted by atomic mass is 10.0. The zero-order valence-corrected chi connectivity index (χ0v) is 20.3. The molecule has 11 heteroatoms. The van der Waals surface area contributed by atoms with Crippen molar-refractivity contribution in [2.45, 2.75) is 30.3 Å². The quantitative estimate of drug-likeness (QED) is 0.406. The molecule has 1 atom stereocenters. The van der Waals surface area contributed by atoms with Crippen molar-refractivity contribution in [3.8, 4) is 0 Å². The Labute approximate surface area is 202 Å². The molecule has 3 N–H and O–H groups in total. The van der Waals surface area contributed by atoms with E-state index in [2.05, 4.69) is 51.1 Å². The number of aromatic nitrogens is 1. The lowest BCUT2D eigenvalue weighted by Gasteiger charge is -2.28. The Balaban J connectivity index is 0.000000968. The van der Waals surface area contributed by atoms with Crippen molar-refractivity contribution >= 4 is 50.9 Å². The van der Waals surface area contributed by atoms with Crippen LogP contribution in [0.1, 0.15) is 18.9 Å². The molecular weight excluding hydrogens is 484 g/mol. The van der Waals surface area contributed by atoms with Gasteiger partial charge in [0, 0.05) is 30.6 Å². The van der Waals surface area contributed by atoms with Gasteiger partial charge in [0.25, 0.3) is 16.5 Å². The van der Waals surface area contributed by atoms with E-state index in [1.807, 2.05) is 6.07 Å². The van der Waals surface area contributed by atoms with E-state index in [4.69, 9.17) is 21.5 Å². The summed E-state index contributed by atoms with van der Waals surface area (Å²) >= 11 is 7.76. The fraction of sp³-hybridized carbons (Fsp3) is 0.273. The Kier molecular flexibility index (Phi) is 8.30. The summed E-state index contributed by atoms with van der Waals surface area (Å²) in [5.74, 6) is 0.301. The van der Waals surface area contributed by atoms with E-state index < -0.39 is 10.0 Å². The van der Waals surface area contributed by atoms with E-state index in [0.29, 0.717) is 10.8 Å². The molecule has 0 unspecified atom stereocenters. The van der Waals surface area contributed by atoms with Crippen LogP contribution in [-0.2, 0) is 21.4 Å². The number of rotatable bonds is 7. The number of benzene rings is 2. The average Bonchev–Trinajstić information content (AvgIpc) is 3.40. The minimum Gasteiger partial charge on any atom is -0.483 e. The predicted octanol–water partition coefficient (Wildman–Crippen LogP) is 4.37. The molecule has 1 fully saturated rings. The van der Waals surface area contributed by atoms with Gasteiger partial charge in [-0.25, -0.2) is 13.4 Å². The van der Waals surface area contributed by atoms with E-state index in [9.17, 15) is 8.42 Å². The molecule has 1 aliphatic rings. The summed E-state index contributed by atoms with van der Waals surface area (Å²) in [5.41, 5.74) is 3.45. The van der Waals surface area contributed by atoms with Crippen molar-refractivity contribution in [1.82, 2.24) is 9.88 Å². The highest BCUT2D eigenvalue weighted by Crippen LogP contribution is 2.32. The van der Waals surface area contributed by atoms with Crippen molar-refractivity contribution in [3.05, 3.63) is 70.0 Å². The topological polar surface area (TPSA) is 112 Å². The second-order valence-electron chi connectivity index (χ2n) is 7.86. The normalized spacial score (nSPS) is 18.2. The number of carbonyl (C=O) groups is 1. The molecule has 0 spiro atoms. The van der Waals surface area contributed by atoms with E-state index >= 15 is 0 Å². The molecule has 1 saturated heterocycles. The van der Waals surface area contributed by atoms with Gasteiger partial charge in [0.15, 0.2) is 5.82 Å². The maximum Gasteiger partial charge on any atom is 0.290 e. The molecule has 0 saturated carbocycles. The maximum atomic E-state index is 12.6. The summed E-state index contributed by atoms with van der Waals surface area (Å²) in [7, 11) is -3.73. The molecule has 3 aromatic rings. The van der Waals surface area contributed by atoms with E-state index in [0.717, 1.165) is 31.7 Å². The smallest absolute Gasteiger partial charge is 0.290 e. The fourth-order valence-corrected chi connectivity index (χ4v) is 5.56. The Morgan fingerprint density at radius 3 is 2.64 bits per heavy atom. The number of nitrogens with zero attached hydrogens (tertiary/aromatic N) is 2. The summed E-state index contributed by atoms with van der Waals surface area (Å²) in [6.07, 6.45) is 0.974. The lowest BCUT2D eigenvalue weighted by Crippen LogP contribution is -2.38. The third-order valence-electron chi connectivity index (χ3n) is 5.16. The molecule has 0 amide bonds. The standard InChI is InChI=1S/C21H23ClN4O2S2.CH2O2/c1-21(9-10-26(14-21)12-16-5-3-2-4-6-16)24-19-8-7-17(11-18(19)22)30(27,28)25-20-13-29-15-23-20;2-1-3/h2-8,11,13,15,24-25H,9-10,12,14H2,1H3;1H,(H,2,3)/t21-;/m1./s1. The molecule has 0 radical (unpaired) electrons. The van der Waals surface area contributed by atoms with Crippen LogP contribution in [0.25, 0.3) is 0 Å². The minimum absolute atomic E-state index is 0.105. The third kappa shape index (κ3) is 6.91. The van der Waals surface area contributed by atoms with Gasteiger partial charge in [0.1, 0.15) is 0 Å². The van der Waals surface area contributed by atoms with Crippen LogP contribution in [0.2, 0.25) is 5.02 Å². The highest BCUT2D eigenvalue weighted by molar-refractivity contribution is 7.92. The summed E-state index contributed by atoms with van der Waals surface area (Å²) in [5, 5.41) is 12.4. The van der Waals surface area contributed by atoms with Gasteiger partial charge in [0.05, 0.1) is 21.1 Å². The van der Waals surface area contributed by atoms with Crippen molar-refractivity contribution in [1.29, 1.82) is 0 Å². The van der Waals surface area contributed by atoms with Crippen LogP contribution in [0, 0.1) is 0 Å². The number of likely N-dealkylation sites (tertiary alicyclic amines) is 1. The summed E-state index contributed by atoms with van der Waals surface area (Å²) < 4.78 is 27.6. The number of carboxylic acid groups (broad SMARTS) is 1. The zero-order valence-electron chi connectivity index (χ0n) is 17.9. The molecule has 8 nitrogen and oxygen atoms in total. The average molecular weight is 509 g/mol. The van der Waals surface area contributed by atoms with Crippen molar-refractivity contribution in [2.24, 2.45) is 0 Å². The second kappa shape index (κ2) is 11.0. The Morgan fingerprint density at radius 2 is 2.00 bits per heavy atom. The number of anilines is 2. The van der Waals surface area contributed by atoms with Crippen LogP contribution in [0.4, 0.5) is 11.5 Å². The van der Waals surface area contributed by atoms with Gasteiger partial charge < -0.3 is 10.4 Å². The highest BCUT2D eigenvalue weighted by atomic mass is 35.5. The molecular formula is C22H25ClN4O4S2. The number of nitrogens with one attached hydrogen (secondary N) is 2. The van der Waals surface area contributed by atoms with Gasteiger partial charge in [-0.2, -0.15) is 0 Å². The lowest BCUT2D eigenvalue weighted by molar-refractivity contribution is -0.122. The maximum absolute atomic E-state index is 12.6.